The summed E-state index contributed by atoms with van der Waals surface area (Å²) in [4.78, 5) is 23.3. The van der Waals surface area contributed by atoms with Gasteiger partial charge >= 0.3 is 5.97 Å². The van der Waals surface area contributed by atoms with Gasteiger partial charge in [-0.05, 0) is 43.3 Å². The summed E-state index contributed by atoms with van der Waals surface area (Å²) in [6.07, 6.45) is 0. The van der Waals surface area contributed by atoms with Crippen molar-refractivity contribution in [2.45, 2.75) is 6.92 Å². The zero-order valence-corrected chi connectivity index (χ0v) is 12.8. The third-order valence-electron chi connectivity index (χ3n) is 2.93. The summed E-state index contributed by atoms with van der Waals surface area (Å²) in [5.41, 5.74) is 0.802. The van der Waals surface area contributed by atoms with Gasteiger partial charge in [0, 0.05) is 11.8 Å². The second kappa shape index (κ2) is 8.05. The van der Waals surface area contributed by atoms with Gasteiger partial charge < -0.3 is 14.8 Å². The Labute approximate surface area is 137 Å². The van der Waals surface area contributed by atoms with Gasteiger partial charge in [0.2, 0.25) is 0 Å². The number of carbonyl (C=O) groups excluding carboxylic acids is 2. The van der Waals surface area contributed by atoms with Gasteiger partial charge in [-0.2, -0.15) is 0 Å². The van der Waals surface area contributed by atoms with Gasteiger partial charge in [-0.1, -0.05) is 0 Å². The van der Waals surface area contributed by atoms with Gasteiger partial charge in [-0.25, -0.2) is 13.6 Å². The number of ether oxygens (including phenoxy) is 2. The Bertz CT molecular complexity index is 732. The number of esters is 1. The van der Waals surface area contributed by atoms with E-state index in [0.717, 1.165) is 12.1 Å². The number of hydrogen-bond donors (Lipinski definition) is 1. The van der Waals surface area contributed by atoms with E-state index in [1.807, 2.05) is 0 Å². The Morgan fingerprint density at radius 3 is 2.42 bits per heavy atom. The molecule has 24 heavy (non-hydrogen) atoms. The summed E-state index contributed by atoms with van der Waals surface area (Å²) in [6.45, 7) is 1.53. The van der Waals surface area contributed by atoms with Crippen molar-refractivity contribution in [2.75, 3.05) is 18.5 Å². The number of rotatable bonds is 6. The molecule has 0 spiro atoms. The molecule has 0 atom stereocenters. The molecule has 1 N–H and O–H groups in total. The van der Waals surface area contributed by atoms with Crippen LogP contribution in [0.1, 0.15) is 17.3 Å². The number of carbonyl (C=O) groups is 2. The number of hydrogen-bond acceptors (Lipinski definition) is 4. The van der Waals surface area contributed by atoms with Crippen LogP contribution in [0.5, 0.6) is 5.75 Å². The molecule has 0 aliphatic heterocycles. The van der Waals surface area contributed by atoms with Crippen molar-refractivity contribution >= 4 is 17.6 Å². The maximum Gasteiger partial charge on any atom is 0.338 e. The molecule has 5 nitrogen and oxygen atoms in total. The van der Waals surface area contributed by atoms with E-state index in [1.165, 1.54) is 24.3 Å². The molecular weight excluding hydrogens is 320 g/mol. The lowest BCUT2D eigenvalue weighted by Crippen LogP contribution is -2.20. The molecule has 0 bridgehead atoms. The maximum absolute atomic E-state index is 13.4. The fourth-order valence-electron chi connectivity index (χ4n) is 1.84. The van der Waals surface area contributed by atoms with E-state index >= 15 is 0 Å². The average molecular weight is 335 g/mol. The van der Waals surface area contributed by atoms with Crippen LogP contribution < -0.4 is 10.1 Å². The SMILES string of the molecule is CCOC(=O)c1ccc(NC(=O)COc2ccc(F)cc2F)cc1. The minimum atomic E-state index is -0.887. The first kappa shape index (κ1) is 17.4. The molecule has 0 aromatic heterocycles. The number of nitrogens with one attached hydrogen (secondary N) is 1. The average Bonchev–Trinajstić information content (AvgIpc) is 2.55. The Hall–Kier alpha value is -2.96. The van der Waals surface area contributed by atoms with Crippen LogP contribution in [0.2, 0.25) is 0 Å². The van der Waals surface area contributed by atoms with Crippen LogP contribution in [0.15, 0.2) is 42.5 Å². The van der Waals surface area contributed by atoms with Gasteiger partial charge in [-0.3, -0.25) is 4.79 Å². The third-order valence-corrected chi connectivity index (χ3v) is 2.93. The highest BCUT2D eigenvalue weighted by molar-refractivity contribution is 5.93. The molecule has 2 aromatic carbocycles. The Morgan fingerprint density at radius 1 is 1.08 bits per heavy atom. The molecule has 0 aliphatic carbocycles. The summed E-state index contributed by atoms with van der Waals surface area (Å²) >= 11 is 0. The molecule has 0 heterocycles. The van der Waals surface area contributed by atoms with E-state index in [0.29, 0.717) is 17.3 Å². The van der Waals surface area contributed by atoms with E-state index in [4.69, 9.17) is 9.47 Å². The van der Waals surface area contributed by atoms with Crippen LogP contribution in [-0.2, 0) is 9.53 Å². The predicted octanol–water partition coefficient (Wildman–Crippen LogP) is 3.16. The molecular formula is C17H15F2NO4. The third kappa shape index (κ3) is 4.77. The highest BCUT2D eigenvalue weighted by Gasteiger charge is 2.10. The largest absolute Gasteiger partial charge is 0.481 e. The normalized spacial score (nSPS) is 10.1. The van der Waals surface area contributed by atoms with Crippen molar-refractivity contribution in [3.8, 4) is 5.75 Å². The van der Waals surface area contributed by atoms with E-state index in [2.05, 4.69) is 5.32 Å². The molecule has 2 aromatic rings. The lowest BCUT2D eigenvalue weighted by Gasteiger charge is -2.09. The molecule has 0 unspecified atom stereocenters. The quantitative estimate of drug-likeness (QED) is 0.824. The summed E-state index contributed by atoms with van der Waals surface area (Å²) < 4.78 is 36.0. The highest BCUT2D eigenvalue weighted by atomic mass is 19.1. The molecule has 0 radical (unpaired) electrons. The zero-order chi connectivity index (χ0) is 17.5. The highest BCUT2D eigenvalue weighted by Crippen LogP contribution is 2.17. The summed E-state index contributed by atoms with van der Waals surface area (Å²) in [5.74, 6) is -2.81. The van der Waals surface area contributed by atoms with Gasteiger partial charge in [-0.15, -0.1) is 0 Å². The smallest absolute Gasteiger partial charge is 0.338 e. The van der Waals surface area contributed by atoms with Crippen LogP contribution in [-0.4, -0.2) is 25.1 Å². The molecule has 126 valence electrons. The lowest BCUT2D eigenvalue weighted by molar-refractivity contribution is -0.118. The van der Waals surface area contributed by atoms with E-state index < -0.39 is 30.1 Å². The first-order valence-electron chi connectivity index (χ1n) is 7.14. The number of benzene rings is 2. The van der Waals surface area contributed by atoms with Crippen molar-refractivity contribution < 1.29 is 27.8 Å². The first-order valence-corrected chi connectivity index (χ1v) is 7.14. The minimum absolute atomic E-state index is 0.218. The molecule has 1 amide bonds. The second-order valence-electron chi connectivity index (χ2n) is 4.71. The lowest BCUT2D eigenvalue weighted by atomic mass is 10.2. The van der Waals surface area contributed by atoms with Crippen molar-refractivity contribution in [2.24, 2.45) is 0 Å². The summed E-state index contributed by atoms with van der Waals surface area (Å²) in [5, 5.41) is 2.53. The van der Waals surface area contributed by atoms with Crippen LogP contribution >= 0.6 is 0 Å². The maximum atomic E-state index is 13.4. The van der Waals surface area contributed by atoms with Gasteiger partial charge in [0.15, 0.2) is 18.2 Å². The molecule has 7 heteroatoms. The molecule has 0 saturated heterocycles. The standard InChI is InChI=1S/C17H15F2NO4/c1-2-23-17(22)11-3-6-13(7-4-11)20-16(21)10-24-15-8-5-12(18)9-14(15)19/h3-9H,2,10H2,1H3,(H,20,21). The minimum Gasteiger partial charge on any atom is -0.481 e. The Balaban J connectivity index is 1.89. The monoisotopic (exact) mass is 335 g/mol. The summed E-state index contributed by atoms with van der Waals surface area (Å²) in [6, 6.07) is 8.88. The van der Waals surface area contributed by atoms with Crippen molar-refractivity contribution in [3.63, 3.8) is 0 Å². The van der Waals surface area contributed by atoms with Crippen molar-refractivity contribution in [1.29, 1.82) is 0 Å². The summed E-state index contributed by atoms with van der Waals surface area (Å²) in [7, 11) is 0. The van der Waals surface area contributed by atoms with Crippen molar-refractivity contribution in [3.05, 3.63) is 59.7 Å². The van der Waals surface area contributed by atoms with E-state index in [-0.39, 0.29) is 12.4 Å². The topological polar surface area (TPSA) is 64.6 Å². The number of amides is 1. The Morgan fingerprint density at radius 2 is 1.79 bits per heavy atom. The van der Waals surface area contributed by atoms with Crippen LogP contribution in [0.25, 0.3) is 0 Å². The molecule has 0 fully saturated rings. The molecule has 2 rings (SSSR count). The van der Waals surface area contributed by atoms with Gasteiger partial charge in [0.25, 0.3) is 5.91 Å². The van der Waals surface area contributed by atoms with E-state index in [1.54, 1.807) is 6.92 Å². The molecule has 0 aliphatic rings. The van der Waals surface area contributed by atoms with Crippen LogP contribution in [0.3, 0.4) is 0 Å². The zero-order valence-electron chi connectivity index (χ0n) is 12.8. The van der Waals surface area contributed by atoms with Gasteiger partial charge in [0.1, 0.15) is 5.82 Å². The fraction of sp³-hybridized carbons (Fsp3) is 0.176. The van der Waals surface area contributed by atoms with Gasteiger partial charge in [0.05, 0.1) is 12.2 Å². The van der Waals surface area contributed by atoms with Crippen LogP contribution in [0.4, 0.5) is 14.5 Å². The number of anilines is 1. The van der Waals surface area contributed by atoms with Crippen LogP contribution in [0, 0.1) is 11.6 Å². The van der Waals surface area contributed by atoms with Crippen molar-refractivity contribution in [1.82, 2.24) is 0 Å². The second-order valence-corrected chi connectivity index (χ2v) is 4.71. The van der Waals surface area contributed by atoms with E-state index in [9.17, 15) is 18.4 Å². The Kier molecular flexibility index (Phi) is 5.83. The number of halogens is 2. The predicted molar refractivity (Wildman–Crippen MR) is 82.9 cm³/mol. The fourth-order valence-corrected chi connectivity index (χ4v) is 1.84. The first-order chi connectivity index (χ1) is 11.5. The molecule has 0 saturated carbocycles.